The van der Waals surface area contributed by atoms with E-state index in [9.17, 15) is 4.79 Å². The van der Waals surface area contributed by atoms with E-state index in [1.807, 2.05) is 18.5 Å². The van der Waals surface area contributed by atoms with Crippen molar-refractivity contribution in [1.29, 1.82) is 0 Å². The topological polar surface area (TPSA) is 66.2 Å². The van der Waals surface area contributed by atoms with Crippen molar-refractivity contribution < 1.29 is 14.3 Å². The molecule has 1 aromatic heterocycles. The van der Waals surface area contributed by atoms with Gasteiger partial charge in [0.05, 0.1) is 13.2 Å². The summed E-state index contributed by atoms with van der Waals surface area (Å²) in [4.78, 5) is 10.8. The molecule has 0 aliphatic carbocycles. The Kier molecular flexibility index (Phi) is 7.11. The maximum atomic E-state index is 10.8. The van der Waals surface area contributed by atoms with Crippen LogP contribution in [0.5, 0.6) is 11.5 Å². The lowest BCUT2D eigenvalue weighted by Gasteiger charge is -2.12. The quantitative estimate of drug-likeness (QED) is 0.373. The van der Waals surface area contributed by atoms with Crippen molar-refractivity contribution in [2.24, 2.45) is 7.05 Å². The van der Waals surface area contributed by atoms with Gasteiger partial charge in [-0.25, -0.2) is 0 Å². The summed E-state index contributed by atoms with van der Waals surface area (Å²) >= 11 is 1.67. The molecule has 0 bridgehead atoms. The number of carbonyl (C=O) groups excluding carboxylic acids is 1. The highest BCUT2D eigenvalue weighted by molar-refractivity contribution is 7.99. The number of aryl methyl sites for hydroxylation is 1. The summed E-state index contributed by atoms with van der Waals surface area (Å²) in [5, 5.41) is 9.25. The summed E-state index contributed by atoms with van der Waals surface area (Å²) in [5.41, 5.74) is 0.579. The number of hydrogen-bond donors (Lipinski definition) is 0. The zero-order valence-electron chi connectivity index (χ0n) is 14.3. The van der Waals surface area contributed by atoms with Crippen molar-refractivity contribution in [3.63, 3.8) is 0 Å². The third kappa shape index (κ3) is 4.74. The standard InChI is InChI=1S/C17H23N3O3S/c1-4-16-18-19-17(20(16)3)24-10-6-9-23-14-8-7-13(12-21)11-15(14)22-5-2/h7-8,11-12H,4-6,9-10H2,1-3H3. The second kappa shape index (κ2) is 9.32. The summed E-state index contributed by atoms with van der Waals surface area (Å²) in [6.07, 6.45) is 2.55. The number of aromatic nitrogens is 3. The van der Waals surface area contributed by atoms with E-state index in [0.29, 0.717) is 30.3 Å². The molecular weight excluding hydrogens is 326 g/mol. The molecule has 6 nitrogen and oxygen atoms in total. The Balaban J connectivity index is 1.81. The van der Waals surface area contributed by atoms with Crippen LogP contribution in [-0.2, 0) is 13.5 Å². The number of carbonyl (C=O) groups is 1. The van der Waals surface area contributed by atoms with Crippen LogP contribution >= 0.6 is 11.8 Å². The molecule has 0 saturated heterocycles. The van der Waals surface area contributed by atoms with Crippen LogP contribution in [-0.4, -0.2) is 40.0 Å². The van der Waals surface area contributed by atoms with E-state index in [-0.39, 0.29) is 0 Å². The van der Waals surface area contributed by atoms with Crippen molar-refractivity contribution >= 4 is 18.0 Å². The molecule has 0 aliphatic rings. The Morgan fingerprint density at radius 1 is 1.21 bits per heavy atom. The fourth-order valence-corrected chi connectivity index (χ4v) is 3.01. The molecule has 0 unspecified atom stereocenters. The minimum absolute atomic E-state index is 0.528. The van der Waals surface area contributed by atoms with Gasteiger partial charge in [0.2, 0.25) is 0 Å². The molecule has 0 saturated carbocycles. The van der Waals surface area contributed by atoms with Crippen LogP contribution in [0, 0.1) is 0 Å². The SMILES string of the molecule is CCOc1cc(C=O)ccc1OCCCSc1nnc(CC)n1C. The molecule has 1 heterocycles. The lowest BCUT2D eigenvalue weighted by atomic mass is 10.2. The minimum Gasteiger partial charge on any atom is -0.490 e. The first-order chi connectivity index (χ1) is 11.7. The van der Waals surface area contributed by atoms with Gasteiger partial charge in [-0.15, -0.1) is 10.2 Å². The fourth-order valence-electron chi connectivity index (χ4n) is 2.17. The number of aldehydes is 1. The van der Waals surface area contributed by atoms with Gasteiger partial charge in [0.15, 0.2) is 16.7 Å². The van der Waals surface area contributed by atoms with Gasteiger partial charge in [-0.2, -0.15) is 0 Å². The van der Waals surface area contributed by atoms with Gasteiger partial charge in [0, 0.05) is 24.8 Å². The van der Waals surface area contributed by atoms with E-state index in [1.54, 1.807) is 30.0 Å². The average Bonchev–Trinajstić information content (AvgIpc) is 2.96. The number of benzene rings is 1. The highest BCUT2D eigenvalue weighted by Gasteiger charge is 2.08. The van der Waals surface area contributed by atoms with Crippen LogP contribution in [0.15, 0.2) is 23.4 Å². The van der Waals surface area contributed by atoms with Crippen LogP contribution in [0.4, 0.5) is 0 Å². The van der Waals surface area contributed by atoms with Gasteiger partial charge in [0.25, 0.3) is 0 Å². The molecule has 7 heteroatoms. The van der Waals surface area contributed by atoms with Gasteiger partial charge < -0.3 is 14.0 Å². The lowest BCUT2D eigenvalue weighted by molar-refractivity contribution is 0.112. The molecular formula is C17H23N3O3S. The third-order valence-corrected chi connectivity index (χ3v) is 4.53. The van der Waals surface area contributed by atoms with Crippen molar-refractivity contribution in [2.75, 3.05) is 19.0 Å². The van der Waals surface area contributed by atoms with E-state index < -0.39 is 0 Å². The Bertz CT molecular complexity index is 673. The molecule has 2 aromatic rings. The predicted octanol–water partition coefficient (Wildman–Crippen LogP) is 3.15. The van der Waals surface area contributed by atoms with Gasteiger partial charge >= 0.3 is 0 Å². The normalized spacial score (nSPS) is 10.6. The van der Waals surface area contributed by atoms with E-state index in [1.165, 1.54) is 0 Å². The maximum Gasteiger partial charge on any atom is 0.190 e. The van der Waals surface area contributed by atoms with Crippen LogP contribution < -0.4 is 9.47 Å². The number of rotatable bonds is 10. The number of ether oxygens (including phenoxy) is 2. The lowest BCUT2D eigenvalue weighted by Crippen LogP contribution is -2.03. The Labute approximate surface area is 146 Å². The summed E-state index contributed by atoms with van der Waals surface area (Å²) in [7, 11) is 1.99. The predicted molar refractivity (Wildman–Crippen MR) is 94.2 cm³/mol. The summed E-state index contributed by atoms with van der Waals surface area (Å²) in [5.74, 6) is 3.16. The minimum atomic E-state index is 0.528. The van der Waals surface area contributed by atoms with Crippen molar-refractivity contribution in [1.82, 2.24) is 14.8 Å². The van der Waals surface area contributed by atoms with Crippen LogP contribution in [0.25, 0.3) is 0 Å². The third-order valence-electron chi connectivity index (χ3n) is 3.42. The maximum absolute atomic E-state index is 10.8. The zero-order valence-corrected chi connectivity index (χ0v) is 15.1. The second-order valence-corrected chi connectivity index (χ2v) is 6.18. The summed E-state index contributed by atoms with van der Waals surface area (Å²) in [6.45, 7) is 5.07. The number of hydrogen-bond acceptors (Lipinski definition) is 6. The van der Waals surface area contributed by atoms with E-state index in [2.05, 4.69) is 17.1 Å². The largest absolute Gasteiger partial charge is 0.490 e. The summed E-state index contributed by atoms with van der Waals surface area (Å²) < 4.78 is 13.3. The first kappa shape index (κ1) is 18.3. The fraction of sp³-hybridized carbons (Fsp3) is 0.471. The number of thioether (sulfide) groups is 1. The molecule has 1 aromatic carbocycles. The smallest absolute Gasteiger partial charge is 0.190 e. The highest BCUT2D eigenvalue weighted by atomic mass is 32.2. The molecule has 0 radical (unpaired) electrons. The molecule has 0 fully saturated rings. The Morgan fingerprint density at radius 3 is 2.71 bits per heavy atom. The number of nitrogens with zero attached hydrogens (tertiary/aromatic N) is 3. The molecule has 24 heavy (non-hydrogen) atoms. The molecule has 0 spiro atoms. The average molecular weight is 349 g/mol. The van der Waals surface area contributed by atoms with E-state index >= 15 is 0 Å². The zero-order chi connectivity index (χ0) is 17.4. The van der Waals surface area contributed by atoms with Gasteiger partial charge in [-0.1, -0.05) is 18.7 Å². The molecule has 130 valence electrons. The second-order valence-electron chi connectivity index (χ2n) is 5.12. The van der Waals surface area contributed by atoms with Crippen molar-refractivity contribution in [2.45, 2.75) is 31.8 Å². The molecule has 0 atom stereocenters. The Morgan fingerprint density at radius 2 is 2.04 bits per heavy atom. The van der Waals surface area contributed by atoms with E-state index in [4.69, 9.17) is 9.47 Å². The highest BCUT2D eigenvalue weighted by Crippen LogP contribution is 2.28. The van der Waals surface area contributed by atoms with Crippen LogP contribution in [0.1, 0.15) is 36.5 Å². The first-order valence-corrected chi connectivity index (χ1v) is 9.04. The van der Waals surface area contributed by atoms with Gasteiger partial charge in [-0.05, 0) is 31.5 Å². The molecule has 0 amide bonds. The van der Waals surface area contributed by atoms with Crippen molar-refractivity contribution in [3.05, 3.63) is 29.6 Å². The molecule has 0 aliphatic heterocycles. The van der Waals surface area contributed by atoms with Crippen LogP contribution in [0.3, 0.4) is 0 Å². The first-order valence-electron chi connectivity index (χ1n) is 8.05. The van der Waals surface area contributed by atoms with Crippen LogP contribution in [0.2, 0.25) is 0 Å². The van der Waals surface area contributed by atoms with Gasteiger partial charge in [-0.3, -0.25) is 4.79 Å². The monoisotopic (exact) mass is 349 g/mol. The molecule has 0 N–H and O–H groups in total. The molecule has 2 rings (SSSR count). The Hall–Kier alpha value is -2.02. The van der Waals surface area contributed by atoms with E-state index in [0.717, 1.165) is 35.9 Å². The summed E-state index contributed by atoms with van der Waals surface area (Å²) in [6, 6.07) is 5.20. The van der Waals surface area contributed by atoms with Crippen molar-refractivity contribution in [3.8, 4) is 11.5 Å². The van der Waals surface area contributed by atoms with Gasteiger partial charge in [0.1, 0.15) is 12.1 Å².